The maximum atomic E-state index is 13.1. The van der Waals surface area contributed by atoms with E-state index in [1.54, 1.807) is 19.2 Å². The minimum atomic E-state index is -0.312. The molecule has 7 nitrogen and oxygen atoms in total. The Morgan fingerprint density at radius 2 is 2.07 bits per heavy atom. The maximum Gasteiger partial charge on any atom is 0.343 e. The number of carbonyl (C=O) groups is 1. The van der Waals surface area contributed by atoms with Gasteiger partial charge in [-0.25, -0.2) is 14.3 Å². The fraction of sp³-hybridized carbons (Fsp3) is 0.500. The normalized spacial score (nSPS) is 12.3. The highest BCUT2D eigenvalue weighted by atomic mass is 32.2. The molecule has 0 spiro atoms. The van der Waals surface area contributed by atoms with Crippen LogP contribution in [0.3, 0.4) is 0 Å². The van der Waals surface area contributed by atoms with Crippen molar-refractivity contribution < 1.29 is 13.9 Å². The van der Waals surface area contributed by atoms with Crippen LogP contribution in [0.25, 0.3) is 0 Å². The van der Waals surface area contributed by atoms with E-state index in [9.17, 15) is 14.0 Å². The number of hydrogen-bond acceptors (Lipinski definition) is 5. The zero-order valence-corrected chi connectivity index (χ0v) is 16.5. The van der Waals surface area contributed by atoms with Crippen molar-refractivity contribution in [2.75, 3.05) is 19.5 Å². The van der Waals surface area contributed by atoms with Crippen LogP contribution >= 0.6 is 11.8 Å². The molecule has 1 unspecified atom stereocenters. The van der Waals surface area contributed by atoms with E-state index in [1.807, 2.05) is 13.8 Å². The van der Waals surface area contributed by atoms with Crippen LogP contribution in [-0.4, -0.2) is 40.1 Å². The summed E-state index contributed by atoms with van der Waals surface area (Å²) in [5, 5.41) is 9.82. The number of halogens is 1. The Morgan fingerprint density at radius 3 is 2.70 bits per heavy atom. The van der Waals surface area contributed by atoms with Crippen LogP contribution in [0.2, 0.25) is 0 Å². The number of benzene rings is 1. The number of amides is 1. The summed E-state index contributed by atoms with van der Waals surface area (Å²) in [5.74, 6) is -0.226. The predicted octanol–water partition coefficient (Wildman–Crippen LogP) is 2.35. The summed E-state index contributed by atoms with van der Waals surface area (Å²) >= 11 is 1.19. The molecule has 2 aromatic rings. The molecular formula is C18H25FN4O3S. The highest BCUT2D eigenvalue weighted by molar-refractivity contribution is 7.99. The summed E-state index contributed by atoms with van der Waals surface area (Å²) in [7, 11) is 1.60. The van der Waals surface area contributed by atoms with Crippen LogP contribution in [-0.2, 0) is 16.1 Å². The first-order valence-electron chi connectivity index (χ1n) is 8.74. The second-order valence-electron chi connectivity index (χ2n) is 6.44. The topological polar surface area (TPSA) is 89.0 Å². The second kappa shape index (κ2) is 10.3. The highest BCUT2D eigenvalue weighted by Gasteiger charge is 2.19. The number of carbonyl (C=O) groups excluding carboxylic acids is 1. The molecule has 2 rings (SSSR count). The van der Waals surface area contributed by atoms with E-state index in [2.05, 4.69) is 15.5 Å². The Kier molecular flexibility index (Phi) is 8.05. The van der Waals surface area contributed by atoms with Gasteiger partial charge in [-0.15, -0.1) is 5.10 Å². The van der Waals surface area contributed by atoms with Gasteiger partial charge in [-0.3, -0.25) is 9.36 Å². The highest BCUT2D eigenvalue weighted by Crippen LogP contribution is 2.22. The van der Waals surface area contributed by atoms with Gasteiger partial charge in [0.1, 0.15) is 5.82 Å². The van der Waals surface area contributed by atoms with E-state index >= 15 is 0 Å². The lowest BCUT2D eigenvalue weighted by molar-refractivity contribution is -0.119. The molecule has 0 saturated carbocycles. The summed E-state index contributed by atoms with van der Waals surface area (Å²) in [4.78, 5) is 24.2. The zero-order valence-electron chi connectivity index (χ0n) is 15.7. The smallest absolute Gasteiger partial charge is 0.343 e. The fourth-order valence-electron chi connectivity index (χ4n) is 2.63. The molecule has 1 aromatic heterocycles. The van der Waals surface area contributed by atoms with Crippen LogP contribution in [0.15, 0.2) is 34.2 Å². The van der Waals surface area contributed by atoms with Crippen molar-refractivity contribution in [1.82, 2.24) is 20.1 Å². The molecule has 0 bridgehead atoms. The van der Waals surface area contributed by atoms with Crippen LogP contribution in [0.1, 0.15) is 31.9 Å². The van der Waals surface area contributed by atoms with Gasteiger partial charge in [0.15, 0.2) is 5.16 Å². The number of thioether (sulfide) groups is 1. The second-order valence-corrected chi connectivity index (χ2v) is 7.38. The van der Waals surface area contributed by atoms with Crippen LogP contribution in [0.4, 0.5) is 4.39 Å². The Hall–Kier alpha value is -2.13. The monoisotopic (exact) mass is 396 g/mol. The minimum absolute atomic E-state index is 0.124. The Labute approximate surface area is 161 Å². The van der Waals surface area contributed by atoms with Crippen molar-refractivity contribution in [3.8, 4) is 0 Å². The fourth-order valence-corrected chi connectivity index (χ4v) is 3.41. The van der Waals surface area contributed by atoms with Gasteiger partial charge in [-0.2, -0.15) is 0 Å². The molecule has 0 aliphatic rings. The number of hydrogen-bond donors (Lipinski definition) is 2. The molecule has 1 atom stereocenters. The molecular weight excluding hydrogens is 371 g/mol. The van der Waals surface area contributed by atoms with Gasteiger partial charge in [0.2, 0.25) is 5.91 Å². The number of aromatic nitrogens is 3. The van der Waals surface area contributed by atoms with E-state index in [-0.39, 0.29) is 35.1 Å². The number of rotatable bonds is 10. The number of nitrogens with zero attached hydrogens (tertiary/aromatic N) is 2. The minimum Gasteiger partial charge on any atom is -0.385 e. The molecule has 9 heteroatoms. The molecule has 0 radical (unpaired) electrons. The molecule has 2 N–H and O–H groups in total. The van der Waals surface area contributed by atoms with Gasteiger partial charge >= 0.3 is 5.69 Å². The first-order chi connectivity index (χ1) is 12.9. The lowest BCUT2D eigenvalue weighted by atomic mass is 9.96. The van der Waals surface area contributed by atoms with Gasteiger partial charge in [0, 0.05) is 20.3 Å². The average Bonchev–Trinajstić information content (AvgIpc) is 2.99. The van der Waals surface area contributed by atoms with E-state index in [0.717, 1.165) is 5.56 Å². The lowest BCUT2D eigenvalue weighted by Crippen LogP contribution is -2.33. The van der Waals surface area contributed by atoms with Crippen molar-refractivity contribution in [3.05, 3.63) is 46.1 Å². The van der Waals surface area contributed by atoms with Gasteiger partial charge in [0.05, 0.1) is 11.8 Å². The van der Waals surface area contributed by atoms with Crippen molar-refractivity contribution in [2.45, 2.75) is 38.0 Å². The van der Waals surface area contributed by atoms with Crippen LogP contribution in [0.5, 0.6) is 0 Å². The summed E-state index contributed by atoms with van der Waals surface area (Å²) in [5.41, 5.74) is 0.543. The van der Waals surface area contributed by atoms with Gasteiger partial charge < -0.3 is 10.1 Å². The molecule has 1 heterocycles. The number of methoxy groups -OCH3 is 1. The van der Waals surface area contributed by atoms with Gasteiger partial charge in [-0.05, 0) is 30.0 Å². The molecule has 0 aliphatic carbocycles. The first-order valence-corrected chi connectivity index (χ1v) is 9.72. The largest absolute Gasteiger partial charge is 0.385 e. The first kappa shape index (κ1) is 21.2. The number of ether oxygens (including phenoxy) is 1. The van der Waals surface area contributed by atoms with Gasteiger partial charge in [0.25, 0.3) is 0 Å². The molecule has 148 valence electrons. The van der Waals surface area contributed by atoms with Crippen molar-refractivity contribution in [1.29, 1.82) is 0 Å². The summed E-state index contributed by atoms with van der Waals surface area (Å²) < 4.78 is 19.6. The standard InChI is InChI=1S/C18H25FN4O3S/c1-12(2)16(13-5-7-14(19)8-6-13)20-15(24)11-27-18-22-21-17(25)23(18)9-4-10-26-3/h5-8,12,16H,4,9-11H2,1-3H3,(H,20,24)(H,21,25). The van der Waals surface area contributed by atoms with Gasteiger partial charge in [-0.1, -0.05) is 37.7 Å². The summed E-state index contributed by atoms with van der Waals surface area (Å²) in [6, 6.07) is 5.90. The predicted molar refractivity (Wildman–Crippen MR) is 102 cm³/mol. The summed E-state index contributed by atoms with van der Waals surface area (Å²) in [6.07, 6.45) is 0.676. The average molecular weight is 396 g/mol. The van der Waals surface area contributed by atoms with E-state index < -0.39 is 0 Å². The third-order valence-corrected chi connectivity index (χ3v) is 4.97. The number of nitrogens with one attached hydrogen (secondary N) is 2. The summed E-state index contributed by atoms with van der Waals surface area (Å²) in [6.45, 7) is 4.98. The quantitative estimate of drug-likeness (QED) is 0.475. The number of H-pyrrole nitrogens is 1. The Morgan fingerprint density at radius 1 is 1.37 bits per heavy atom. The molecule has 0 aliphatic heterocycles. The Balaban J connectivity index is 1.96. The van der Waals surface area contributed by atoms with Crippen molar-refractivity contribution >= 4 is 17.7 Å². The number of aromatic amines is 1. The van der Waals surface area contributed by atoms with E-state index in [1.165, 1.54) is 28.5 Å². The SMILES string of the molecule is COCCCn1c(SCC(=O)NC(c2ccc(F)cc2)C(C)C)n[nH]c1=O. The van der Waals surface area contributed by atoms with E-state index in [4.69, 9.17) is 4.74 Å². The van der Waals surface area contributed by atoms with Crippen molar-refractivity contribution in [3.63, 3.8) is 0 Å². The Bertz CT molecular complexity index is 789. The maximum absolute atomic E-state index is 13.1. The van der Waals surface area contributed by atoms with E-state index in [0.29, 0.717) is 24.7 Å². The molecule has 0 fully saturated rings. The zero-order chi connectivity index (χ0) is 19.8. The lowest BCUT2D eigenvalue weighted by Gasteiger charge is -2.23. The molecule has 1 aromatic carbocycles. The van der Waals surface area contributed by atoms with Crippen LogP contribution in [0, 0.1) is 11.7 Å². The molecule has 0 saturated heterocycles. The molecule has 27 heavy (non-hydrogen) atoms. The van der Waals surface area contributed by atoms with Crippen molar-refractivity contribution in [2.24, 2.45) is 5.92 Å². The third-order valence-electron chi connectivity index (χ3n) is 4.00. The third kappa shape index (κ3) is 6.21. The van der Waals surface area contributed by atoms with Crippen LogP contribution < -0.4 is 11.0 Å². The molecule has 1 amide bonds.